The number of carbonyl (C=O) groups excluding carboxylic acids is 1. The lowest BCUT2D eigenvalue weighted by Gasteiger charge is -2.05. The maximum Gasteiger partial charge on any atom is 0.305 e. The van der Waals surface area contributed by atoms with E-state index in [4.69, 9.17) is 0 Å². The van der Waals surface area contributed by atoms with Crippen LogP contribution in [0.15, 0.2) is 18.2 Å². The van der Waals surface area contributed by atoms with Gasteiger partial charge in [0.15, 0.2) is 0 Å². The van der Waals surface area contributed by atoms with Crippen LogP contribution in [0.4, 0.5) is 13.2 Å². The Labute approximate surface area is 91.0 Å². The molecule has 0 radical (unpaired) electrons. The smallest absolute Gasteiger partial charge is 0.305 e. The zero-order chi connectivity index (χ0) is 12.1. The number of aryl methyl sites for hydroxylation is 1. The van der Waals surface area contributed by atoms with E-state index in [0.717, 1.165) is 12.1 Å². The number of rotatable bonds is 4. The van der Waals surface area contributed by atoms with E-state index in [9.17, 15) is 18.0 Å². The molecule has 0 aliphatic carbocycles. The average Bonchev–Trinajstić information content (AvgIpc) is 2.25. The van der Waals surface area contributed by atoms with Gasteiger partial charge in [0.1, 0.15) is 5.82 Å². The lowest BCUT2D eigenvalue weighted by atomic mass is 10.1. The van der Waals surface area contributed by atoms with Gasteiger partial charge in [0, 0.05) is 6.42 Å². The van der Waals surface area contributed by atoms with Crippen LogP contribution >= 0.6 is 0 Å². The van der Waals surface area contributed by atoms with Crippen LogP contribution in [0.1, 0.15) is 24.0 Å². The van der Waals surface area contributed by atoms with Crippen LogP contribution in [0.3, 0.4) is 0 Å². The SMILES string of the molecule is COC(=O)CCc1ccc(C(F)F)c(F)c1. The van der Waals surface area contributed by atoms with Gasteiger partial charge in [0.25, 0.3) is 6.43 Å². The van der Waals surface area contributed by atoms with Gasteiger partial charge in [-0.3, -0.25) is 4.79 Å². The molecule has 0 aliphatic rings. The highest BCUT2D eigenvalue weighted by atomic mass is 19.3. The summed E-state index contributed by atoms with van der Waals surface area (Å²) in [6.45, 7) is 0. The fourth-order valence-electron chi connectivity index (χ4n) is 1.25. The molecule has 5 heteroatoms. The Morgan fingerprint density at radius 2 is 2.12 bits per heavy atom. The topological polar surface area (TPSA) is 26.3 Å². The summed E-state index contributed by atoms with van der Waals surface area (Å²) in [5.74, 6) is -1.37. The molecular formula is C11H11F3O2. The van der Waals surface area contributed by atoms with Crippen molar-refractivity contribution in [3.05, 3.63) is 35.1 Å². The van der Waals surface area contributed by atoms with Gasteiger partial charge in [-0.1, -0.05) is 12.1 Å². The van der Waals surface area contributed by atoms with Gasteiger partial charge in [0.2, 0.25) is 0 Å². The lowest BCUT2D eigenvalue weighted by Crippen LogP contribution is -2.02. The second-order valence-electron chi connectivity index (χ2n) is 3.23. The summed E-state index contributed by atoms with van der Waals surface area (Å²) in [4.78, 5) is 10.8. The molecule has 0 bridgehead atoms. The highest BCUT2D eigenvalue weighted by Gasteiger charge is 2.13. The second kappa shape index (κ2) is 5.53. The molecule has 1 aromatic carbocycles. The van der Waals surface area contributed by atoms with Crippen LogP contribution < -0.4 is 0 Å². The van der Waals surface area contributed by atoms with Gasteiger partial charge in [-0.2, -0.15) is 0 Å². The quantitative estimate of drug-likeness (QED) is 0.746. The summed E-state index contributed by atoms with van der Waals surface area (Å²) in [6.07, 6.45) is -2.45. The van der Waals surface area contributed by atoms with Crippen LogP contribution in [0.2, 0.25) is 0 Å². The van der Waals surface area contributed by atoms with Crippen molar-refractivity contribution in [3.8, 4) is 0 Å². The molecule has 0 fully saturated rings. The molecule has 0 aromatic heterocycles. The number of halogens is 3. The maximum atomic E-state index is 13.1. The first-order valence-corrected chi connectivity index (χ1v) is 4.68. The molecule has 0 saturated heterocycles. The largest absolute Gasteiger partial charge is 0.469 e. The maximum absolute atomic E-state index is 13.1. The van der Waals surface area contributed by atoms with E-state index in [1.54, 1.807) is 0 Å². The molecule has 0 N–H and O–H groups in total. The number of alkyl halides is 2. The van der Waals surface area contributed by atoms with Gasteiger partial charge < -0.3 is 4.74 Å². The molecule has 0 spiro atoms. The first kappa shape index (κ1) is 12.5. The van der Waals surface area contributed by atoms with Gasteiger partial charge >= 0.3 is 5.97 Å². The minimum atomic E-state index is -2.82. The summed E-state index contributed by atoms with van der Waals surface area (Å²) in [6, 6.07) is 3.44. The first-order valence-electron chi connectivity index (χ1n) is 4.68. The van der Waals surface area contributed by atoms with Crippen molar-refractivity contribution in [2.45, 2.75) is 19.3 Å². The molecule has 0 aliphatic heterocycles. The third kappa shape index (κ3) is 3.25. The molecule has 2 nitrogen and oxygen atoms in total. The van der Waals surface area contributed by atoms with E-state index in [1.807, 2.05) is 0 Å². The minimum Gasteiger partial charge on any atom is -0.469 e. The first-order chi connectivity index (χ1) is 7.54. The summed E-state index contributed by atoms with van der Waals surface area (Å²) in [7, 11) is 1.25. The van der Waals surface area contributed by atoms with Gasteiger partial charge in [-0.25, -0.2) is 13.2 Å². The zero-order valence-corrected chi connectivity index (χ0v) is 8.67. The number of benzene rings is 1. The molecule has 0 heterocycles. The van der Waals surface area contributed by atoms with Crippen LogP contribution in [0.25, 0.3) is 0 Å². The van der Waals surface area contributed by atoms with E-state index in [-0.39, 0.29) is 12.8 Å². The van der Waals surface area contributed by atoms with Crippen LogP contribution in [-0.4, -0.2) is 13.1 Å². The van der Waals surface area contributed by atoms with E-state index >= 15 is 0 Å². The lowest BCUT2D eigenvalue weighted by molar-refractivity contribution is -0.140. The zero-order valence-electron chi connectivity index (χ0n) is 8.67. The Balaban J connectivity index is 2.70. The Morgan fingerprint density at radius 1 is 1.44 bits per heavy atom. The number of hydrogen-bond acceptors (Lipinski definition) is 2. The molecule has 88 valence electrons. The number of esters is 1. The molecular weight excluding hydrogens is 221 g/mol. The molecule has 0 saturated carbocycles. The van der Waals surface area contributed by atoms with Crippen molar-refractivity contribution in [2.24, 2.45) is 0 Å². The second-order valence-corrected chi connectivity index (χ2v) is 3.23. The number of methoxy groups -OCH3 is 1. The van der Waals surface area contributed by atoms with Gasteiger partial charge in [0.05, 0.1) is 12.7 Å². The molecule has 0 unspecified atom stereocenters. The van der Waals surface area contributed by atoms with Crippen LogP contribution in [-0.2, 0) is 16.0 Å². The highest BCUT2D eigenvalue weighted by molar-refractivity contribution is 5.69. The predicted molar refractivity (Wildman–Crippen MR) is 51.7 cm³/mol. The van der Waals surface area contributed by atoms with Crippen LogP contribution in [0, 0.1) is 5.82 Å². The van der Waals surface area contributed by atoms with Gasteiger partial charge in [-0.15, -0.1) is 0 Å². The van der Waals surface area contributed by atoms with Crippen LogP contribution in [0.5, 0.6) is 0 Å². The predicted octanol–water partition coefficient (Wildman–Crippen LogP) is 2.87. The average molecular weight is 232 g/mol. The summed E-state index contributed by atoms with van der Waals surface area (Å²) >= 11 is 0. The highest BCUT2D eigenvalue weighted by Crippen LogP contribution is 2.22. The van der Waals surface area contributed by atoms with E-state index < -0.39 is 23.8 Å². The number of ether oxygens (including phenoxy) is 1. The summed E-state index contributed by atoms with van der Waals surface area (Å²) in [5.41, 5.74) is -0.130. The molecule has 1 aromatic rings. The van der Waals surface area contributed by atoms with Crippen molar-refractivity contribution < 1.29 is 22.7 Å². The van der Waals surface area contributed by atoms with Gasteiger partial charge in [-0.05, 0) is 18.1 Å². The minimum absolute atomic E-state index is 0.101. The molecule has 0 atom stereocenters. The Bertz CT molecular complexity index is 377. The Morgan fingerprint density at radius 3 is 2.62 bits per heavy atom. The third-order valence-corrected chi connectivity index (χ3v) is 2.15. The standard InChI is InChI=1S/C11H11F3O2/c1-16-10(15)5-3-7-2-4-8(11(13)14)9(12)6-7/h2,4,6,11H,3,5H2,1H3. The van der Waals surface area contributed by atoms with Crippen molar-refractivity contribution in [3.63, 3.8) is 0 Å². The van der Waals surface area contributed by atoms with Crippen molar-refractivity contribution in [1.29, 1.82) is 0 Å². The van der Waals surface area contributed by atoms with Crippen molar-refractivity contribution in [2.75, 3.05) is 7.11 Å². The summed E-state index contributed by atoms with van der Waals surface area (Å²) in [5, 5.41) is 0. The number of hydrogen-bond donors (Lipinski definition) is 0. The number of carbonyl (C=O) groups is 1. The molecule has 16 heavy (non-hydrogen) atoms. The van der Waals surface area contributed by atoms with Crippen molar-refractivity contribution in [1.82, 2.24) is 0 Å². The van der Waals surface area contributed by atoms with Crippen molar-refractivity contribution >= 4 is 5.97 Å². The molecule has 1 rings (SSSR count). The fraction of sp³-hybridized carbons (Fsp3) is 0.364. The van der Waals surface area contributed by atoms with E-state index in [0.29, 0.717) is 5.56 Å². The molecule has 0 amide bonds. The van der Waals surface area contributed by atoms with E-state index in [2.05, 4.69) is 4.74 Å². The normalized spacial score (nSPS) is 10.6. The Kier molecular flexibility index (Phi) is 4.34. The third-order valence-electron chi connectivity index (χ3n) is 2.15. The Hall–Kier alpha value is -1.52. The summed E-state index contributed by atoms with van der Waals surface area (Å²) < 4.78 is 42.0. The monoisotopic (exact) mass is 232 g/mol. The van der Waals surface area contributed by atoms with E-state index in [1.165, 1.54) is 13.2 Å². The fourth-order valence-corrected chi connectivity index (χ4v) is 1.25.